The van der Waals surface area contributed by atoms with Crippen molar-refractivity contribution in [1.82, 2.24) is 4.98 Å². The Morgan fingerprint density at radius 3 is 2.88 bits per heavy atom. The molecular formula is C12H13NO3. The first-order valence-corrected chi connectivity index (χ1v) is 5.07. The first kappa shape index (κ1) is 10.5. The van der Waals surface area contributed by atoms with E-state index in [0.29, 0.717) is 18.1 Å². The van der Waals surface area contributed by atoms with Crippen molar-refractivity contribution in [3.8, 4) is 11.6 Å². The summed E-state index contributed by atoms with van der Waals surface area (Å²) < 4.78 is 10.5. The van der Waals surface area contributed by atoms with Crippen LogP contribution in [0.1, 0.15) is 17.3 Å². The minimum atomic E-state index is 0.485. The number of benzene rings is 1. The molecule has 0 aliphatic rings. The molecule has 0 amide bonds. The molecule has 4 nitrogen and oxygen atoms in total. The van der Waals surface area contributed by atoms with Gasteiger partial charge in [-0.1, -0.05) is 0 Å². The van der Waals surface area contributed by atoms with Crippen molar-refractivity contribution in [2.75, 3.05) is 13.7 Å². The summed E-state index contributed by atoms with van der Waals surface area (Å²) >= 11 is 0. The fraction of sp³-hybridized carbons (Fsp3) is 0.250. The normalized spacial score (nSPS) is 10.4. The molecule has 2 aromatic rings. The van der Waals surface area contributed by atoms with Gasteiger partial charge in [-0.2, -0.15) is 0 Å². The summed E-state index contributed by atoms with van der Waals surface area (Å²) in [6.45, 7) is 2.52. The van der Waals surface area contributed by atoms with Crippen LogP contribution in [0.5, 0.6) is 11.6 Å². The van der Waals surface area contributed by atoms with E-state index in [1.54, 1.807) is 0 Å². The summed E-state index contributed by atoms with van der Waals surface area (Å²) in [7, 11) is 1.53. The van der Waals surface area contributed by atoms with Gasteiger partial charge in [0.15, 0.2) is 6.29 Å². The first-order chi connectivity index (χ1) is 7.80. The SMILES string of the molecule is CCOc1ccc2[nH]c(OC)c(C=O)c2c1. The quantitative estimate of drug-likeness (QED) is 0.803. The highest BCUT2D eigenvalue weighted by Gasteiger charge is 2.11. The number of ether oxygens (including phenoxy) is 2. The molecule has 0 saturated heterocycles. The smallest absolute Gasteiger partial charge is 0.202 e. The third-order valence-corrected chi connectivity index (χ3v) is 2.41. The van der Waals surface area contributed by atoms with E-state index in [1.165, 1.54) is 7.11 Å². The maximum Gasteiger partial charge on any atom is 0.202 e. The van der Waals surface area contributed by atoms with Crippen molar-refractivity contribution < 1.29 is 14.3 Å². The third-order valence-electron chi connectivity index (χ3n) is 2.41. The second-order valence-electron chi connectivity index (χ2n) is 3.33. The monoisotopic (exact) mass is 219 g/mol. The van der Waals surface area contributed by atoms with Gasteiger partial charge in [-0.25, -0.2) is 0 Å². The fourth-order valence-electron chi connectivity index (χ4n) is 1.70. The van der Waals surface area contributed by atoms with E-state index >= 15 is 0 Å². The summed E-state index contributed by atoms with van der Waals surface area (Å²) in [6, 6.07) is 5.56. The summed E-state index contributed by atoms with van der Waals surface area (Å²) in [5, 5.41) is 0.817. The number of aromatic nitrogens is 1. The third kappa shape index (κ3) is 1.62. The molecule has 0 aliphatic heterocycles. The summed E-state index contributed by atoms with van der Waals surface area (Å²) in [5.41, 5.74) is 1.39. The lowest BCUT2D eigenvalue weighted by Crippen LogP contribution is -1.90. The van der Waals surface area contributed by atoms with E-state index in [2.05, 4.69) is 4.98 Å². The second kappa shape index (κ2) is 4.26. The molecule has 0 bridgehead atoms. The second-order valence-corrected chi connectivity index (χ2v) is 3.33. The molecule has 1 N–H and O–H groups in total. The van der Waals surface area contributed by atoms with E-state index in [9.17, 15) is 4.79 Å². The molecule has 0 fully saturated rings. The highest BCUT2D eigenvalue weighted by molar-refractivity contribution is 6.00. The number of H-pyrrole nitrogens is 1. The molecule has 4 heteroatoms. The van der Waals surface area contributed by atoms with Crippen LogP contribution in [0.15, 0.2) is 18.2 Å². The number of aldehydes is 1. The Morgan fingerprint density at radius 2 is 2.25 bits per heavy atom. The van der Waals surface area contributed by atoms with E-state index < -0.39 is 0 Å². The molecule has 1 heterocycles. The van der Waals surface area contributed by atoms with Crippen molar-refractivity contribution >= 4 is 17.2 Å². The van der Waals surface area contributed by atoms with E-state index in [1.807, 2.05) is 25.1 Å². The van der Waals surface area contributed by atoms with Crippen LogP contribution in [0.2, 0.25) is 0 Å². The Hall–Kier alpha value is -1.97. The Bertz CT molecular complexity index is 516. The summed E-state index contributed by atoms with van der Waals surface area (Å²) in [6.07, 6.45) is 0.785. The minimum Gasteiger partial charge on any atom is -0.494 e. The lowest BCUT2D eigenvalue weighted by Gasteiger charge is -2.01. The van der Waals surface area contributed by atoms with Crippen molar-refractivity contribution in [1.29, 1.82) is 0 Å². The van der Waals surface area contributed by atoms with E-state index in [0.717, 1.165) is 22.9 Å². The Balaban J connectivity index is 2.60. The minimum absolute atomic E-state index is 0.485. The zero-order valence-electron chi connectivity index (χ0n) is 9.24. The van der Waals surface area contributed by atoms with Crippen molar-refractivity contribution in [3.05, 3.63) is 23.8 Å². The number of methoxy groups -OCH3 is 1. The van der Waals surface area contributed by atoms with Crippen LogP contribution >= 0.6 is 0 Å². The number of fused-ring (bicyclic) bond motifs is 1. The number of nitrogens with one attached hydrogen (secondary N) is 1. The molecule has 1 aromatic heterocycles. The van der Waals surface area contributed by atoms with E-state index in [4.69, 9.17) is 9.47 Å². The molecule has 0 saturated carbocycles. The Morgan fingerprint density at radius 1 is 1.44 bits per heavy atom. The van der Waals surface area contributed by atoms with Crippen molar-refractivity contribution in [2.24, 2.45) is 0 Å². The molecule has 1 aromatic carbocycles. The van der Waals surface area contributed by atoms with Crippen LogP contribution in [0.3, 0.4) is 0 Å². The zero-order valence-corrected chi connectivity index (χ0v) is 9.24. The van der Waals surface area contributed by atoms with Gasteiger partial charge in [0.25, 0.3) is 0 Å². The van der Waals surface area contributed by atoms with Crippen LogP contribution in [-0.2, 0) is 0 Å². The van der Waals surface area contributed by atoms with Gasteiger partial charge in [-0.3, -0.25) is 4.79 Å². The van der Waals surface area contributed by atoms with Crippen LogP contribution in [0, 0.1) is 0 Å². The highest BCUT2D eigenvalue weighted by Crippen LogP contribution is 2.29. The van der Waals surface area contributed by atoms with Gasteiger partial charge in [0.05, 0.1) is 19.3 Å². The lowest BCUT2D eigenvalue weighted by molar-refractivity contribution is 0.112. The largest absolute Gasteiger partial charge is 0.494 e. The molecule has 84 valence electrons. The van der Waals surface area contributed by atoms with Gasteiger partial charge >= 0.3 is 0 Å². The standard InChI is InChI=1S/C12H13NO3/c1-3-16-8-4-5-11-9(6-8)10(7-14)12(13-11)15-2/h4-7,13H,3H2,1-2H3. The first-order valence-electron chi connectivity index (χ1n) is 5.07. The molecule has 16 heavy (non-hydrogen) atoms. The summed E-state index contributed by atoms with van der Waals surface area (Å²) in [4.78, 5) is 14.0. The van der Waals surface area contributed by atoms with Crippen LogP contribution in [0.25, 0.3) is 10.9 Å². The van der Waals surface area contributed by atoms with Crippen molar-refractivity contribution in [3.63, 3.8) is 0 Å². The van der Waals surface area contributed by atoms with Gasteiger partial charge in [0.1, 0.15) is 5.75 Å². The Kier molecular flexibility index (Phi) is 2.81. The van der Waals surface area contributed by atoms with Crippen LogP contribution in [0.4, 0.5) is 0 Å². The number of carbonyl (C=O) groups excluding carboxylic acids is 1. The predicted octanol–water partition coefficient (Wildman–Crippen LogP) is 2.39. The average molecular weight is 219 g/mol. The van der Waals surface area contributed by atoms with Gasteiger partial charge in [0.2, 0.25) is 5.88 Å². The molecule has 2 rings (SSSR count). The van der Waals surface area contributed by atoms with Crippen LogP contribution in [-0.4, -0.2) is 25.0 Å². The average Bonchev–Trinajstić information content (AvgIpc) is 2.66. The van der Waals surface area contributed by atoms with Gasteiger partial charge < -0.3 is 14.5 Å². The Labute approximate surface area is 93.2 Å². The topological polar surface area (TPSA) is 51.3 Å². The van der Waals surface area contributed by atoms with Gasteiger partial charge in [0, 0.05) is 10.9 Å². The fourth-order valence-corrected chi connectivity index (χ4v) is 1.70. The number of carbonyl (C=O) groups is 1. The van der Waals surface area contributed by atoms with E-state index in [-0.39, 0.29) is 0 Å². The highest BCUT2D eigenvalue weighted by atomic mass is 16.5. The molecule has 0 spiro atoms. The molecule has 0 atom stereocenters. The maximum absolute atomic E-state index is 11.0. The van der Waals surface area contributed by atoms with Gasteiger partial charge in [-0.15, -0.1) is 0 Å². The van der Waals surface area contributed by atoms with Crippen LogP contribution < -0.4 is 9.47 Å². The number of aromatic amines is 1. The molecule has 0 unspecified atom stereocenters. The zero-order chi connectivity index (χ0) is 11.5. The number of rotatable bonds is 4. The van der Waals surface area contributed by atoms with Crippen molar-refractivity contribution in [2.45, 2.75) is 6.92 Å². The lowest BCUT2D eigenvalue weighted by atomic mass is 10.2. The summed E-state index contributed by atoms with van der Waals surface area (Å²) in [5.74, 6) is 1.23. The molecule has 0 radical (unpaired) electrons. The van der Waals surface area contributed by atoms with Gasteiger partial charge in [-0.05, 0) is 25.1 Å². The number of hydrogen-bond acceptors (Lipinski definition) is 3. The molecular weight excluding hydrogens is 206 g/mol. The maximum atomic E-state index is 11.0. The number of hydrogen-bond donors (Lipinski definition) is 1. The predicted molar refractivity (Wildman–Crippen MR) is 61.4 cm³/mol. The molecule has 0 aliphatic carbocycles.